The fraction of sp³-hybridized carbons (Fsp3) is 0.192. The van der Waals surface area contributed by atoms with Gasteiger partial charge in [-0.15, -0.1) is 0 Å². The van der Waals surface area contributed by atoms with Crippen molar-refractivity contribution in [1.82, 2.24) is 9.66 Å². The molecule has 1 aromatic heterocycles. The second-order valence-corrected chi connectivity index (χ2v) is 10.3. The zero-order chi connectivity index (χ0) is 26.0. The minimum Gasteiger partial charge on any atom is -0.481 e. The molecular weight excluding hydrogens is 592 g/mol. The molecule has 0 saturated carbocycles. The average molecular weight is 614 g/mol. The summed E-state index contributed by atoms with van der Waals surface area (Å²) in [5.41, 5.74) is 2.47. The average Bonchev–Trinajstić information content (AvgIpc) is 2.83. The quantitative estimate of drug-likeness (QED) is 0.131. The lowest BCUT2D eigenvalue weighted by Gasteiger charge is -2.12. The lowest BCUT2D eigenvalue weighted by atomic mass is 10.1. The van der Waals surface area contributed by atoms with Crippen molar-refractivity contribution in [1.29, 1.82) is 0 Å². The summed E-state index contributed by atoms with van der Waals surface area (Å²) in [6, 6.07) is 16.1. The SMILES string of the molecule is Cc1ccc(COc2c(Br)cc(C=Nn3c(C(C)C)nc4ccc(Br)cc4c3=O)cc2[N+](=O)[O-])cc1. The summed E-state index contributed by atoms with van der Waals surface area (Å²) in [4.78, 5) is 29.1. The van der Waals surface area contributed by atoms with Crippen molar-refractivity contribution in [2.45, 2.75) is 33.3 Å². The highest BCUT2D eigenvalue weighted by molar-refractivity contribution is 9.10. The standard InChI is InChI=1S/C26H22Br2N4O4/c1-15(2)25-30-22-9-8-19(27)12-20(22)26(33)31(25)29-13-18-10-21(28)24(23(11-18)32(34)35)36-14-17-6-4-16(3)5-7-17/h4-13,15H,14H2,1-3H3. The number of hydrogen-bond donors (Lipinski definition) is 0. The van der Waals surface area contributed by atoms with Gasteiger partial charge >= 0.3 is 5.69 Å². The maximum absolute atomic E-state index is 13.2. The van der Waals surface area contributed by atoms with E-state index < -0.39 is 4.92 Å². The van der Waals surface area contributed by atoms with Gasteiger partial charge in [0.05, 0.1) is 26.5 Å². The van der Waals surface area contributed by atoms with Gasteiger partial charge in [-0.3, -0.25) is 14.9 Å². The normalized spacial score (nSPS) is 11.5. The predicted molar refractivity (Wildman–Crippen MR) is 147 cm³/mol. The van der Waals surface area contributed by atoms with E-state index in [0.29, 0.717) is 26.8 Å². The molecule has 184 valence electrons. The molecule has 0 amide bonds. The maximum Gasteiger partial charge on any atom is 0.312 e. The first-order chi connectivity index (χ1) is 17.1. The highest BCUT2D eigenvalue weighted by Gasteiger charge is 2.21. The van der Waals surface area contributed by atoms with Crippen molar-refractivity contribution < 1.29 is 9.66 Å². The Kier molecular flexibility index (Phi) is 7.65. The van der Waals surface area contributed by atoms with Crippen LogP contribution in [0.1, 0.15) is 42.3 Å². The minimum absolute atomic E-state index is 0.0819. The van der Waals surface area contributed by atoms with Crippen LogP contribution in [0.25, 0.3) is 10.9 Å². The van der Waals surface area contributed by atoms with E-state index in [0.717, 1.165) is 15.6 Å². The molecule has 4 rings (SSSR count). The minimum atomic E-state index is -0.507. The van der Waals surface area contributed by atoms with Crippen molar-refractivity contribution in [3.8, 4) is 5.75 Å². The molecule has 0 aliphatic heterocycles. The number of ether oxygens (including phenoxy) is 1. The molecule has 36 heavy (non-hydrogen) atoms. The van der Waals surface area contributed by atoms with E-state index in [9.17, 15) is 14.9 Å². The van der Waals surface area contributed by atoms with Crippen LogP contribution >= 0.6 is 31.9 Å². The summed E-state index contributed by atoms with van der Waals surface area (Å²) in [7, 11) is 0. The van der Waals surface area contributed by atoms with Gasteiger partial charge in [0.15, 0.2) is 0 Å². The molecule has 4 aromatic rings. The smallest absolute Gasteiger partial charge is 0.312 e. The Morgan fingerprint density at radius 1 is 1.14 bits per heavy atom. The molecule has 0 spiro atoms. The number of halogens is 2. The van der Waals surface area contributed by atoms with Gasteiger partial charge in [0, 0.05) is 22.0 Å². The van der Waals surface area contributed by atoms with Gasteiger partial charge in [0.1, 0.15) is 12.4 Å². The first-order valence-corrected chi connectivity index (χ1v) is 12.7. The lowest BCUT2D eigenvalue weighted by Crippen LogP contribution is -2.23. The predicted octanol–water partition coefficient (Wildman–Crippen LogP) is 6.72. The second kappa shape index (κ2) is 10.7. The number of aryl methyl sites for hydroxylation is 1. The number of nitro benzene ring substituents is 1. The highest BCUT2D eigenvalue weighted by Crippen LogP contribution is 2.36. The monoisotopic (exact) mass is 612 g/mol. The van der Waals surface area contributed by atoms with E-state index in [2.05, 4.69) is 41.9 Å². The van der Waals surface area contributed by atoms with Crippen molar-refractivity contribution >= 4 is 54.7 Å². The van der Waals surface area contributed by atoms with Gasteiger partial charge in [-0.05, 0) is 52.7 Å². The fourth-order valence-corrected chi connectivity index (χ4v) is 4.51. The molecule has 3 aromatic carbocycles. The fourth-order valence-electron chi connectivity index (χ4n) is 3.57. The highest BCUT2D eigenvalue weighted by atomic mass is 79.9. The Labute approximate surface area is 224 Å². The zero-order valence-electron chi connectivity index (χ0n) is 19.7. The summed E-state index contributed by atoms with van der Waals surface area (Å²) >= 11 is 6.78. The van der Waals surface area contributed by atoms with Gasteiger partial charge in [0.25, 0.3) is 5.56 Å². The van der Waals surface area contributed by atoms with Gasteiger partial charge in [-0.2, -0.15) is 9.78 Å². The van der Waals surface area contributed by atoms with Crippen LogP contribution in [0.4, 0.5) is 5.69 Å². The molecule has 0 unspecified atom stereocenters. The van der Waals surface area contributed by atoms with Crippen molar-refractivity contribution in [3.63, 3.8) is 0 Å². The van der Waals surface area contributed by atoms with Gasteiger partial charge in [-0.25, -0.2) is 4.98 Å². The molecule has 0 fully saturated rings. The summed E-state index contributed by atoms with van der Waals surface area (Å²) in [5.74, 6) is 0.522. The van der Waals surface area contributed by atoms with Crippen molar-refractivity contribution in [3.05, 3.63) is 107 Å². The van der Waals surface area contributed by atoms with Crippen LogP contribution in [0.2, 0.25) is 0 Å². The molecular formula is C26H22Br2N4O4. The van der Waals surface area contributed by atoms with Crippen LogP contribution in [0.3, 0.4) is 0 Å². The molecule has 0 atom stereocenters. The molecule has 0 N–H and O–H groups in total. The van der Waals surface area contributed by atoms with E-state index in [4.69, 9.17) is 4.74 Å². The van der Waals surface area contributed by atoms with Crippen LogP contribution in [-0.4, -0.2) is 20.8 Å². The van der Waals surface area contributed by atoms with Crippen LogP contribution in [-0.2, 0) is 6.61 Å². The van der Waals surface area contributed by atoms with Gasteiger partial charge < -0.3 is 4.74 Å². The van der Waals surface area contributed by atoms with E-state index in [1.165, 1.54) is 17.0 Å². The topological polar surface area (TPSA) is 99.6 Å². The molecule has 0 aliphatic carbocycles. The Balaban J connectivity index is 1.72. The Hall–Kier alpha value is -3.37. The molecule has 10 heteroatoms. The molecule has 0 radical (unpaired) electrons. The summed E-state index contributed by atoms with van der Waals surface area (Å²) < 4.78 is 8.19. The summed E-state index contributed by atoms with van der Waals surface area (Å²) in [5, 5.41) is 16.6. The second-order valence-electron chi connectivity index (χ2n) is 8.53. The molecule has 0 saturated heterocycles. The summed E-state index contributed by atoms with van der Waals surface area (Å²) in [6.07, 6.45) is 1.40. The zero-order valence-corrected chi connectivity index (χ0v) is 22.9. The molecule has 1 heterocycles. The van der Waals surface area contributed by atoms with E-state index >= 15 is 0 Å². The molecule has 0 aliphatic rings. The third-order valence-corrected chi connectivity index (χ3v) is 6.50. The number of fused-ring (bicyclic) bond motifs is 1. The third kappa shape index (κ3) is 5.55. The first kappa shape index (κ1) is 25.7. The Morgan fingerprint density at radius 2 is 1.86 bits per heavy atom. The Morgan fingerprint density at radius 3 is 2.53 bits per heavy atom. The van der Waals surface area contributed by atoms with Crippen LogP contribution in [0, 0.1) is 17.0 Å². The maximum atomic E-state index is 13.2. The third-order valence-electron chi connectivity index (χ3n) is 5.42. The van der Waals surface area contributed by atoms with Gasteiger partial charge in [-0.1, -0.05) is 59.6 Å². The number of benzene rings is 3. The summed E-state index contributed by atoms with van der Waals surface area (Å²) in [6.45, 7) is 6.00. The first-order valence-electron chi connectivity index (χ1n) is 11.1. The number of nitrogens with zero attached hydrogens (tertiary/aromatic N) is 4. The number of nitro groups is 1. The van der Waals surface area contributed by atoms with Crippen molar-refractivity contribution in [2.24, 2.45) is 5.10 Å². The van der Waals surface area contributed by atoms with E-state index in [-0.39, 0.29) is 29.5 Å². The number of rotatable bonds is 7. The molecule has 8 nitrogen and oxygen atoms in total. The van der Waals surface area contributed by atoms with Crippen molar-refractivity contribution in [2.75, 3.05) is 0 Å². The number of aromatic nitrogens is 2. The molecule has 0 bridgehead atoms. The van der Waals surface area contributed by atoms with E-state index in [1.807, 2.05) is 51.1 Å². The largest absolute Gasteiger partial charge is 0.481 e. The van der Waals surface area contributed by atoms with Crippen LogP contribution < -0.4 is 10.3 Å². The Bertz CT molecular complexity index is 1550. The van der Waals surface area contributed by atoms with Crippen LogP contribution in [0.15, 0.2) is 73.4 Å². The lowest BCUT2D eigenvalue weighted by molar-refractivity contribution is -0.386. The van der Waals surface area contributed by atoms with Gasteiger partial charge in [0.2, 0.25) is 5.75 Å². The van der Waals surface area contributed by atoms with Crippen LogP contribution in [0.5, 0.6) is 5.75 Å². The van der Waals surface area contributed by atoms with E-state index in [1.54, 1.807) is 18.2 Å². The number of hydrogen-bond acceptors (Lipinski definition) is 6.